The van der Waals surface area contributed by atoms with Gasteiger partial charge in [0.2, 0.25) is 0 Å². The number of benzene rings is 8. The topological polar surface area (TPSA) is 77.3 Å². The van der Waals surface area contributed by atoms with Gasteiger partial charge in [0.15, 0.2) is 11.6 Å². The van der Waals surface area contributed by atoms with Crippen LogP contribution in [0, 0.1) is 0 Å². The first-order chi connectivity index (χ1) is 33.7. The number of aromatic nitrogens is 6. The largest absolute Gasteiger partial charge is 0.256 e. The molecule has 0 N–H and O–H groups in total. The van der Waals surface area contributed by atoms with Gasteiger partial charge >= 0.3 is 0 Å². The van der Waals surface area contributed by atoms with Crippen LogP contribution in [0.25, 0.3) is 123 Å². The van der Waals surface area contributed by atoms with Crippen molar-refractivity contribution < 1.29 is 0 Å². The fourth-order valence-electron chi connectivity index (χ4n) is 8.88. The predicted molar refractivity (Wildman–Crippen MR) is 277 cm³/mol. The summed E-state index contributed by atoms with van der Waals surface area (Å²) in [5, 5.41) is 4.59. The Labute approximate surface area is 394 Å². The smallest absolute Gasteiger partial charge is 0.160 e. The standard InChI is InChI=1S/C62H40N6/c1-3-13-51(14-4-1)61-65-55(39-57(67-61)47-27-31-49(32-28-47)59-53-17-9-7-11-43(53)35-37-63-59)45-23-19-41(20-24-45)42-21-25-46(26-22-42)56-40-58(68-62(66-56)52-15-5-2-6-16-52)48-29-33-50(34-30-48)60-54-18-10-8-12-44(54)36-38-64-60/h1-40H. The molecule has 0 aliphatic heterocycles. The van der Waals surface area contributed by atoms with Crippen molar-refractivity contribution in [3.63, 3.8) is 0 Å². The third-order valence-corrected chi connectivity index (χ3v) is 12.5. The molecule has 0 unspecified atom stereocenters. The summed E-state index contributed by atoms with van der Waals surface area (Å²) in [5.74, 6) is 1.35. The molecule has 8 aromatic carbocycles. The second-order valence-electron chi connectivity index (χ2n) is 16.7. The minimum atomic E-state index is 0.677. The van der Waals surface area contributed by atoms with Crippen molar-refractivity contribution in [2.24, 2.45) is 0 Å². The molecule has 12 rings (SSSR count). The molecular formula is C62H40N6. The highest BCUT2D eigenvalue weighted by Gasteiger charge is 2.15. The lowest BCUT2D eigenvalue weighted by Gasteiger charge is -2.12. The lowest BCUT2D eigenvalue weighted by molar-refractivity contribution is 1.18. The Bertz CT molecular complexity index is 3480. The van der Waals surface area contributed by atoms with Crippen molar-refractivity contribution in [2.75, 3.05) is 0 Å². The quantitative estimate of drug-likeness (QED) is 0.144. The van der Waals surface area contributed by atoms with E-state index in [0.29, 0.717) is 11.6 Å². The SMILES string of the molecule is c1ccc(-c2nc(-c3ccc(-c4ccc(-c5cc(-c6ccc(-c7nccc8ccccc78)cc6)nc(-c6ccccc6)n5)cc4)cc3)cc(-c3ccc(-c4nccc5ccccc45)cc3)n2)cc1. The molecule has 6 nitrogen and oxygen atoms in total. The van der Waals surface area contributed by atoms with Gasteiger partial charge in [-0.15, -0.1) is 0 Å². The van der Waals surface area contributed by atoms with Gasteiger partial charge in [0.25, 0.3) is 0 Å². The maximum absolute atomic E-state index is 5.10. The normalized spacial score (nSPS) is 11.2. The third kappa shape index (κ3) is 7.97. The minimum absolute atomic E-state index is 0.677. The van der Waals surface area contributed by atoms with E-state index in [-0.39, 0.29) is 0 Å². The van der Waals surface area contributed by atoms with E-state index in [4.69, 9.17) is 29.9 Å². The van der Waals surface area contributed by atoms with Gasteiger partial charge in [-0.3, -0.25) is 9.97 Å². The van der Waals surface area contributed by atoms with Gasteiger partial charge in [-0.05, 0) is 46.2 Å². The first kappa shape index (κ1) is 40.3. The molecule has 0 aliphatic carbocycles. The number of nitrogens with zero attached hydrogens (tertiary/aromatic N) is 6. The van der Waals surface area contributed by atoms with Crippen LogP contribution in [-0.4, -0.2) is 29.9 Å². The number of pyridine rings is 2. The lowest BCUT2D eigenvalue weighted by atomic mass is 9.99. The molecule has 0 radical (unpaired) electrons. The highest BCUT2D eigenvalue weighted by Crippen LogP contribution is 2.35. The van der Waals surface area contributed by atoms with Gasteiger partial charge in [0, 0.05) is 67.7 Å². The molecule has 0 saturated carbocycles. The van der Waals surface area contributed by atoms with Crippen LogP contribution in [-0.2, 0) is 0 Å². The zero-order valence-corrected chi connectivity index (χ0v) is 36.8. The summed E-state index contributed by atoms with van der Waals surface area (Å²) in [6.45, 7) is 0. The molecule has 12 aromatic rings. The zero-order chi connectivity index (χ0) is 45.2. The van der Waals surface area contributed by atoms with Crippen molar-refractivity contribution in [2.45, 2.75) is 0 Å². The Hall–Kier alpha value is -9.26. The molecular weight excluding hydrogens is 829 g/mol. The first-order valence-corrected chi connectivity index (χ1v) is 22.7. The average molecular weight is 869 g/mol. The molecule has 0 spiro atoms. The maximum atomic E-state index is 5.10. The van der Waals surface area contributed by atoms with Crippen LogP contribution in [0.5, 0.6) is 0 Å². The summed E-state index contributed by atoms with van der Waals surface area (Å²) in [6.07, 6.45) is 3.75. The predicted octanol–water partition coefficient (Wildman–Crippen LogP) is 15.4. The zero-order valence-electron chi connectivity index (χ0n) is 36.8. The van der Waals surface area contributed by atoms with Crippen LogP contribution in [0.2, 0.25) is 0 Å². The average Bonchev–Trinajstić information content (AvgIpc) is 3.43. The van der Waals surface area contributed by atoms with E-state index in [1.165, 1.54) is 10.8 Å². The van der Waals surface area contributed by atoms with Crippen molar-refractivity contribution in [1.82, 2.24) is 29.9 Å². The molecule has 0 amide bonds. The van der Waals surface area contributed by atoms with Gasteiger partial charge in [-0.2, -0.15) is 0 Å². The molecule has 318 valence electrons. The van der Waals surface area contributed by atoms with E-state index in [1.54, 1.807) is 0 Å². The van der Waals surface area contributed by atoms with E-state index < -0.39 is 0 Å². The molecule has 68 heavy (non-hydrogen) atoms. The van der Waals surface area contributed by atoms with Crippen LogP contribution >= 0.6 is 0 Å². The highest BCUT2D eigenvalue weighted by atomic mass is 14.9. The monoisotopic (exact) mass is 868 g/mol. The van der Waals surface area contributed by atoms with Crippen LogP contribution in [0.3, 0.4) is 0 Å². The van der Waals surface area contributed by atoms with Crippen molar-refractivity contribution in [3.8, 4) is 101 Å². The van der Waals surface area contributed by atoms with Gasteiger partial charge in [0.05, 0.1) is 34.2 Å². The fraction of sp³-hybridized carbons (Fsp3) is 0. The highest BCUT2D eigenvalue weighted by molar-refractivity contribution is 5.96. The lowest BCUT2D eigenvalue weighted by Crippen LogP contribution is -1.96. The van der Waals surface area contributed by atoms with Crippen LogP contribution < -0.4 is 0 Å². The Morgan fingerprint density at radius 3 is 0.868 bits per heavy atom. The minimum Gasteiger partial charge on any atom is -0.256 e. The fourth-order valence-corrected chi connectivity index (χ4v) is 8.88. The summed E-state index contributed by atoms with van der Waals surface area (Å²) in [4.78, 5) is 29.8. The van der Waals surface area contributed by atoms with Crippen molar-refractivity contribution in [3.05, 3.63) is 243 Å². The molecule has 4 heterocycles. The summed E-state index contributed by atoms with van der Waals surface area (Å²) in [5.41, 5.74) is 15.6. The Morgan fingerprint density at radius 1 is 0.221 bits per heavy atom. The number of rotatable bonds is 9. The Balaban J connectivity index is 0.840. The maximum Gasteiger partial charge on any atom is 0.160 e. The van der Waals surface area contributed by atoms with Gasteiger partial charge in [-0.1, -0.05) is 206 Å². The number of hydrogen-bond acceptors (Lipinski definition) is 6. The van der Waals surface area contributed by atoms with Gasteiger partial charge in [-0.25, -0.2) is 19.9 Å². The van der Waals surface area contributed by atoms with Crippen LogP contribution in [0.4, 0.5) is 0 Å². The summed E-state index contributed by atoms with van der Waals surface area (Å²) < 4.78 is 0. The molecule has 0 atom stereocenters. The molecule has 0 fully saturated rings. The second-order valence-corrected chi connectivity index (χ2v) is 16.7. The van der Waals surface area contributed by atoms with E-state index in [2.05, 4.69) is 182 Å². The second kappa shape index (κ2) is 17.6. The van der Waals surface area contributed by atoms with E-state index >= 15 is 0 Å². The Morgan fingerprint density at radius 2 is 0.515 bits per heavy atom. The van der Waals surface area contributed by atoms with E-state index in [9.17, 15) is 0 Å². The molecule has 6 heteroatoms. The van der Waals surface area contributed by atoms with Crippen LogP contribution in [0.1, 0.15) is 0 Å². The Kier molecular flexibility index (Phi) is 10.4. The molecule has 0 saturated heterocycles. The van der Waals surface area contributed by atoms with Gasteiger partial charge in [0.1, 0.15) is 0 Å². The van der Waals surface area contributed by atoms with E-state index in [0.717, 1.165) is 101 Å². The van der Waals surface area contributed by atoms with E-state index in [1.807, 2.05) is 60.9 Å². The van der Waals surface area contributed by atoms with Crippen molar-refractivity contribution >= 4 is 21.5 Å². The van der Waals surface area contributed by atoms with Gasteiger partial charge < -0.3 is 0 Å². The summed E-state index contributed by atoms with van der Waals surface area (Å²) >= 11 is 0. The molecule has 4 aromatic heterocycles. The third-order valence-electron chi connectivity index (χ3n) is 12.5. The number of fused-ring (bicyclic) bond motifs is 2. The summed E-state index contributed by atoms with van der Waals surface area (Å²) in [7, 11) is 0. The number of hydrogen-bond donors (Lipinski definition) is 0. The summed E-state index contributed by atoms with van der Waals surface area (Å²) in [6, 6.07) is 79.5. The molecule has 0 bridgehead atoms. The van der Waals surface area contributed by atoms with Crippen molar-refractivity contribution in [1.29, 1.82) is 0 Å². The van der Waals surface area contributed by atoms with Crippen LogP contribution in [0.15, 0.2) is 243 Å². The molecule has 0 aliphatic rings. The first-order valence-electron chi connectivity index (χ1n) is 22.7.